The van der Waals surface area contributed by atoms with E-state index in [9.17, 15) is 27.6 Å². The van der Waals surface area contributed by atoms with Crippen LogP contribution in [0, 0.1) is 0 Å². The largest absolute Gasteiger partial charge is 0.471 e. The number of esters is 1. The van der Waals surface area contributed by atoms with Crippen LogP contribution >= 0.6 is 0 Å². The summed E-state index contributed by atoms with van der Waals surface area (Å²) < 4.78 is 51.2. The summed E-state index contributed by atoms with van der Waals surface area (Å²) in [5, 5.41) is 0. The number of carbonyl (C=O) groups is 3. The molecule has 3 aliphatic rings. The minimum absolute atomic E-state index is 0.0529. The van der Waals surface area contributed by atoms with Crippen LogP contribution in [0.5, 0.6) is 0 Å². The first-order valence-corrected chi connectivity index (χ1v) is 13.0. The van der Waals surface area contributed by atoms with Crippen LogP contribution < -0.4 is 0 Å². The molecule has 8 nitrogen and oxygen atoms in total. The first-order chi connectivity index (χ1) is 17.7. The normalized spacial score (nSPS) is 23.8. The number of piperidine rings is 1. The summed E-state index contributed by atoms with van der Waals surface area (Å²) in [4.78, 5) is 42.0. The third-order valence-corrected chi connectivity index (χ3v) is 7.67. The molecule has 0 radical (unpaired) electrons. The molecule has 0 spiro atoms. The average molecular weight is 540 g/mol. The fourth-order valence-electron chi connectivity index (χ4n) is 5.78. The summed E-state index contributed by atoms with van der Waals surface area (Å²) in [6.07, 6.45) is -4.18. The lowest BCUT2D eigenvalue weighted by atomic mass is 9.82. The molecule has 0 N–H and O–H groups in total. The molecule has 0 unspecified atom stereocenters. The number of rotatable bonds is 6. The Morgan fingerprint density at radius 2 is 1.66 bits per heavy atom. The predicted octanol–water partition coefficient (Wildman–Crippen LogP) is 3.95. The Hall–Kier alpha value is -2.82. The summed E-state index contributed by atoms with van der Waals surface area (Å²) in [5.41, 5.74) is -0.408. The second kappa shape index (κ2) is 10.4. The zero-order valence-corrected chi connectivity index (χ0v) is 22.3. The molecule has 0 bridgehead atoms. The zero-order valence-electron chi connectivity index (χ0n) is 22.3. The van der Waals surface area contributed by atoms with Crippen LogP contribution in [0.3, 0.4) is 0 Å². The highest BCUT2D eigenvalue weighted by Crippen LogP contribution is 2.48. The summed E-state index contributed by atoms with van der Waals surface area (Å²) >= 11 is 0. The average Bonchev–Trinajstić information content (AvgIpc) is 3.61. The van der Waals surface area contributed by atoms with E-state index in [1.54, 1.807) is 20.8 Å². The number of alkyl halides is 3. The minimum atomic E-state index is -4.95. The highest BCUT2D eigenvalue weighted by atomic mass is 19.4. The van der Waals surface area contributed by atoms with E-state index in [2.05, 4.69) is 4.90 Å². The number of methoxy groups -OCH3 is 1. The lowest BCUT2D eigenvalue weighted by molar-refractivity contribution is -0.190. The molecule has 210 valence electrons. The fourth-order valence-corrected chi connectivity index (χ4v) is 5.78. The van der Waals surface area contributed by atoms with E-state index >= 15 is 0 Å². The summed E-state index contributed by atoms with van der Waals surface area (Å²) in [6.45, 7) is 6.62. The molecule has 1 aliphatic carbocycles. The molecule has 4 rings (SSSR count). The zero-order chi connectivity index (χ0) is 27.9. The maximum absolute atomic E-state index is 13.6. The number of likely N-dealkylation sites (tertiary alicyclic amines) is 2. The van der Waals surface area contributed by atoms with Crippen molar-refractivity contribution in [1.29, 1.82) is 0 Å². The molecule has 1 saturated carbocycles. The van der Waals surface area contributed by atoms with Crippen molar-refractivity contribution < 1.29 is 37.0 Å². The molecule has 38 heavy (non-hydrogen) atoms. The van der Waals surface area contributed by atoms with Gasteiger partial charge in [0.1, 0.15) is 5.60 Å². The van der Waals surface area contributed by atoms with Crippen molar-refractivity contribution in [2.75, 3.05) is 33.3 Å². The quantitative estimate of drug-likeness (QED) is 0.510. The van der Waals surface area contributed by atoms with E-state index in [-0.39, 0.29) is 25.4 Å². The van der Waals surface area contributed by atoms with Crippen molar-refractivity contribution in [1.82, 2.24) is 14.7 Å². The first kappa shape index (κ1) is 28.2. The van der Waals surface area contributed by atoms with Crippen LogP contribution in [0.2, 0.25) is 0 Å². The lowest BCUT2D eigenvalue weighted by Crippen LogP contribution is -2.73. The molecule has 1 aromatic rings. The van der Waals surface area contributed by atoms with Gasteiger partial charge in [0.15, 0.2) is 0 Å². The van der Waals surface area contributed by atoms with Gasteiger partial charge in [0.2, 0.25) is 0 Å². The molecular weight excluding hydrogens is 503 g/mol. The fraction of sp³-hybridized carbons (Fsp3) is 0.667. The Morgan fingerprint density at radius 1 is 1.05 bits per heavy atom. The Bertz CT molecular complexity index is 1030. The third kappa shape index (κ3) is 6.08. The number of ether oxygens (including phenoxy) is 2. The van der Waals surface area contributed by atoms with Crippen molar-refractivity contribution in [3.63, 3.8) is 0 Å². The van der Waals surface area contributed by atoms with Crippen LogP contribution in [-0.2, 0) is 19.1 Å². The second-order valence-electron chi connectivity index (χ2n) is 11.6. The summed E-state index contributed by atoms with van der Waals surface area (Å²) in [7, 11) is 1.30. The van der Waals surface area contributed by atoms with Crippen LogP contribution in [0.25, 0.3) is 0 Å². The Labute approximate surface area is 221 Å². The molecule has 2 heterocycles. The molecule has 3 fully saturated rings. The van der Waals surface area contributed by atoms with Gasteiger partial charge in [0.25, 0.3) is 0 Å². The number of nitrogens with zero attached hydrogens (tertiary/aromatic N) is 3. The molecule has 0 aromatic heterocycles. The molecule has 2 saturated heterocycles. The lowest BCUT2D eigenvalue weighted by Gasteiger charge is -2.57. The maximum atomic E-state index is 13.6. The van der Waals surface area contributed by atoms with Gasteiger partial charge in [-0.15, -0.1) is 0 Å². The first-order valence-electron chi connectivity index (χ1n) is 13.0. The molecule has 2 amide bonds. The number of amides is 2. The highest BCUT2D eigenvalue weighted by Gasteiger charge is 2.56. The Balaban J connectivity index is 1.45. The molecular formula is C27H36F3N3O5. The predicted molar refractivity (Wildman–Crippen MR) is 132 cm³/mol. The van der Waals surface area contributed by atoms with Crippen LogP contribution in [0.1, 0.15) is 57.9 Å². The van der Waals surface area contributed by atoms with Gasteiger partial charge >= 0.3 is 24.1 Å². The van der Waals surface area contributed by atoms with E-state index in [0.717, 1.165) is 10.5 Å². The van der Waals surface area contributed by atoms with Gasteiger partial charge < -0.3 is 19.3 Å². The SMILES string of the molecule is COC(=O)CC1(N2CCC(N(C(=O)C(F)(F)F)[C@@H]3C[C@H]3c3ccccc3)CC2)CN(C(=O)OC(C)(C)C)C1. The van der Waals surface area contributed by atoms with E-state index in [4.69, 9.17) is 9.47 Å². The van der Waals surface area contributed by atoms with Crippen LogP contribution in [-0.4, -0.2) is 95.4 Å². The molecule has 2 aliphatic heterocycles. The number of hydrogen-bond donors (Lipinski definition) is 0. The van der Waals surface area contributed by atoms with Crippen molar-refractivity contribution >= 4 is 18.0 Å². The van der Waals surface area contributed by atoms with Crippen molar-refractivity contribution in [2.24, 2.45) is 0 Å². The van der Waals surface area contributed by atoms with Crippen molar-refractivity contribution in [3.05, 3.63) is 35.9 Å². The van der Waals surface area contributed by atoms with Crippen LogP contribution in [0.15, 0.2) is 30.3 Å². The van der Waals surface area contributed by atoms with Crippen molar-refractivity contribution in [2.45, 2.75) is 81.8 Å². The van der Waals surface area contributed by atoms with Gasteiger partial charge in [-0.2, -0.15) is 13.2 Å². The van der Waals surface area contributed by atoms with E-state index < -0.39 is 47.4 Å². The van der Waals surface area contributed by atoms with Gasteiger partial charge in [-0.25, -0.2) is 4.79 Å². The minimum Gasteiger partial charge on any atom is -0.469 e. The Morgan fingerprint density at radius 3 is 2.18 bits per heavy atom. The number of hydrogen-bond acceptors (Lipinski definition) is 6. The number of carbonyl (C=O) groups excluding carboxylic acids is 3. The van der Waals surface area contributed by atoms with Gasteiger partial charge in [0, 0.05) is 44.2 Å². The number of halogens is 3. The van der Waals surface area contributed by atoms with E-state index in [1.807, 2.05) is 30.3 Å². The van der Waals surface area contributed by atoms with Crippen LogP contribution in [0.4, 0.5) is 18.0 Å². The standard InChI is InChI=1S/C27H36F3N3O5/c1-25(2,3)38-24(36)31-16-26(17-31,15-22(34)37-4)32-12-10-19(11-13-32)33(23(35)27(28,29)30)21-14-20(21)18-8-6-5-7-9-18/h5-9,19-21H,10-17H2,1-4H3/t20-,21+/m0/s1. The molecule has 1 aromatic carbocycles. The molecule has 2 atom stereocenters. The van der Waals surface area contributed by atoms with Gasteiger partial charge in [-0.1, -0.05) is 30.3 Å². The van der Waals surface area contributed by atoms with Crippen molar-refractivity contribution in [3.8, 4) is 0 Å². The number of benzene rings is 1. The molecule has 11 heteroatoms. The Kier molecular flexibility index (Phi) is 7.71. The maximum Gasteiger partial charge on any atom is 0.471 e. The monoisotopic (exact) mass is 539 g/mol. The van der Waals surface area contributed by atoms with E-state index in [0.29, 0.717) is 32.4 Å². The smallest absolute Gasteiger partial charge is 0.469 e. The summed E-state index contributed by atoms with van der Waals surface area (Å²) in [5.74, 6) is -2.32. The van der Waals surface area contributed by atoms with Gasteiger partial charge in [-0.05, 0) is 45.6 Å². The summed E-state index contributed by atoms with van der Waals surface area (Å²) in [6, 6.07) is 8.26. The van der Waals surface area contributed by atoms with Gasteiger partial charge in [-0.3, -0.25) is 14.5 Å². The third-order valence-electron chi connectivity index (χ3n) is 7.67. The van der Waals surface area contributed by atoms with E-state index in [1.165, 1.54) is 12.0 Å². The second-order valence-corrected chi connectivity index (χ2v) is 11.6. The topological polar surface area (TPSA) is 79.4 Å². The van der Waals surface area contributed by atoms with Gasteiger partial charge in [0.05, 0.1) is 19.1 Å². The highest BCUT2D eigenvalue weighted by molar-refractivity contribution is 5.83.